The van der Waals surface area contributed by atoms with E-state index in [1.54, 1.807) is 11.8 Å². The summed E-state index contributed by atoms with van der Waals surface area (Å²) in [5.74, 6) is 3.65. The second kappa shape index (κ2) is 7.84. The summed E-state index contributed by atoms with van der Waals surface area (Å²) in [4.78, 5) is 4.45. The molecule has 1 atom stereocenters. The first kappa shape index (κ1) is 17.0. The summed E-state index contributed by atoms with van der Waals surface area (Å²) in [5.41, 5.74) is 0. The molecule has 25 heavy (non-hydrogen) atoms. The normalized spacial score (nSPS) is 21.9. The Labute approximate surface area is 151 Å². The quantitative estimate of drug-likeness (QED) is 0.777. The number of hydrogen-bond acceptors (Lipinski definition) is 8. The van der Waals surface area contributed by atoms with Crippen molar-refractivity contribution in [2.24, 2.45) is 13.0 Å². The zero-order valence-electron chi connectivity index (χ0n) is 14.5. The van der Waals surface area contributed by atoms with Crippen LogP contribution in [0.1, 0.15) is 49.3 Å². The van der Waals surface area contributed by atoms with Gasteiger partial charge in [-0.05, 0) is 44.7 Å². The molecule has 2 aromatic heterocycles. The third-order valence-electron chi connectivity index (χ3n) is 4.87. The predicted octanol–water partition coefficient (Wildman–Crippen LogP) is 1.88. The van der Waals surface area contributed by atoms with Gasteiger partial charge in [0.05, 0.1) is 5.75 Å². The fourth-order valence-corrected chi connectivity index (χ4v) is 4.12. The van der Waals surface area contributed by atoms with Crippen LogP contribution in [0.2, 0.25) is 0 Å². The lowest BCUT2D eigenvalue weighted by Crippen LogP contribution is -2.29. The van der Waals surface area contributed by atoms with Gasteiger partial charge in [-0.25, -0.2) is 0 Å². The molecule has 4 heterocycles. The van der Waals surface area contributed by atoms with Gasteiger partial charge in [-0.1, -0.05) is 16.9 Å². The van der Waals surface area contributed by atoms with Crippen LogP contribution in [-0.2, 0) is 24.0 Å². The molecule has 2 saturated heterocycles. The number of aromatic nitrogens is 5. The number of hydrogen-bond donors (Lipinski definition) is 1. The van der Waals surface area contributed by atoms with Crippen LogP contribution in [0.3, 0.4) is 0 Å². The maximum atomic E-state index is 5.58. The summed E-state index contributed by atoms with van der Waals surface area (Å²) in [6, 6.07) is 0. The van der Waals surface area contributed by atoms with Gasteiger partial charge in [0.2, 0.25) is 0 Å². The van der Waals surface area contributed by atoms with Crippen LogP contribution in [0.15, 0.2) is 9.68 Å². The standard InChI is InChI=1S/C16H24N6O2S/c1-22-14(9-11-4-6-17-7-5-11)19-20-16(22)25-10-13-18-15(24-21-13)12-3-2-8-23-12/h11-12,17H,2-10H2,1H3/t12-/m1/s1. The van der Waals surface area contributed by atoms with E-state index in [0.717, 1.165) is 49.9 Å². The molecule has 0 amide bonds. The van der Waals surface area contributed by atoms with E-state index < -0.39 is 0 Å². The monoisotopic (exact) mass is 364 g/mol. The van der Waals surface area contributed by atoms with Gasteiger partial charge < -0.3 is 19.1 Å². The van der Waals surface area contributed by atoms with Crippen molar-refractivity contribution in [3.63, 3.8) is 0 Å². The molecule has 8 nitrogen and oxygen atoms in total. The fraction of sp³-hybridized carbons (Fsp3) is 0.750. The molecule has 0 saturated carbocycles. The van der Waals surface area contributed by atoms with Crippen molar-refractivity contribution in [3.05, 3.63) is 17.5 Å². The minimum atomic E-state index is -0.0299. The molecule has 2 fully saturated rings. The van der Waals surface area contributed by atoms with Crippen LogP contribution in [-0.4, -0.2) is 44.6 Å². The Bertz CT molecular complexity index is 691. The average molecular weight is 364 g/mol. The van der Waals surface area contributed by atoms with Crippen molar-refractivity contribution in [2.45, 2.75) is 49.1 Å². The molecule has 1 N–H and O–H groups in total. The van der Waals surface area contributed by atoms with Gasteiger partial charge >= 0.3 is 0 Å². The minimum Gasteiger partial charge on any atom is -0.368 e. The summed E-state index contributed by atoms with van der Waals surface area (Å²) in [6.07, 6.45) is 5.40. The second-order valence-electron chi connectivity index (χ2n) is 6.69. The van der Waals surface area contributed by atoms with Crippen molar-refractivity contribution in [1.82, 2.24) is 30.2 Å². The highest BCUT2D eigenvalue weighted by Gasteiger charge is 2.24. The van der Waals surface area contributed by atoms with Gasteiger partial charge in [0.25, 0.3) is 5.89 Å². The van der Waals surface area contributed by atoms with Crippen LogP contribution in [0.25, 0.3) is 0 Å². The lowest BCUT2D eigenvalue weighted by atomic mass is 9.94. The summed E-state index contributed by atoms with van der Waals surface area (Å²) in [5, 5.41) is 17.1. The molecule has 0 aliphatic carbocycles. The van der Waals surface area contributed by atoms with E-state index in [1.807, 2.05) is 7.05 Å². The molecule has 2 aromatic rings. The van der Waals surface area contributed by atoms with E-state index in [9.17, 15) is 0 Å². The molecule has 0 radical (unpaired) electrons. The molecule has 136 valence electrons. The molecule has 0 spiro atoms. The third kappa shape index (κ3) is 4.04. The van der Waals surface area contributed by atoms with Crippen LogP contribution >= 0.6 is 11.8 Å². The molecular formula is C16H24N6O2S. The van der Waals surface area contributed by atoms with Gasteiger partial charge in [0, 0.05) is 20.1 Å². The van der Waals surface area contributed by atoms with Gasteiger partial charge in [0.1, 0.15) is 11.9 Å². The van der Waals surface area contributed by atoms with Gasteiger partial charge in [-0.2, -0.15) is 4.98 Å². The van der Waals surface area contributed by atoms with Crippen molar-refractivity contribution in [3.8, 4) is 0 Å². The lowest BCUT2D eigenvalue weighted by molar-refractivity contribution is 0.0835. The molecule has 4 rings (SSSR count). The molecule has 2 aliphatic heterocycles. The zero-order chi connectivity index (χ0) is 17.1. The van der Waals surface area contributed by atoms with E-state index in [-0.39, 0.29) is 6.10 Å². The number of thioether (sulfide) groups is 1. The van der Waals surface area contributed by atoms with Crippen LogP contribution in [0, 0.1) is 5.92 Å². The molecule has 2 aliphatic rings. The maximum Gasteiger partial charge on any atom is 0.255 e. The topological polar surface area (TPSA) is 90.9 Å². The van der Waals surface area contributed by atoms with Crippen molar-refractivity contribution in [1.29, 1.82) is 0 Å². The van der Waals surface area contributed by atoms with Crippen LogP contribution < -0.4 is 5.32 Å². The predicted molar refractivity (Wildman–Crippen MR) is 92.1 cm³/mol. The highest BCUT2D eigenvalue weighted by Crippen LogP contribution is 2.28. The number of piperidine rings is 1. The molecule has 0 aromatic carbocycles. The Hall–Kier alpha value is -1.45. The van der Waals surface area contributed by atoms with E-state index in [1.165, 1.54) is 12.8 Å². The smallest absolute Gasteiger partial charge is 0.255 e. The Morgan fingerprint density at radius 3 is 2.92 bits per heavy atom. The first-order valence-electron chi connectivity index (χ1n) is 8.95. The average Bonchev–Trinajstić information content (AvgIpc) is 3.37. The zero-order valence-corrected chi connectivity index (χ0v) is 15.3. The van der Waals surface area contributed by atoms with Crippen molar-refractivity contribution in [2.75, 3.05) is 19.7 Å². The number of ether oxygens (including phenoxy) is 1. The van der Waals surface area contributed by atoms with E-state index in [4.69, 9.17) is 9.26 Å². The summed E-state index contributed by atoms with van der Waals surface area (Å²) in [7, 11) is 2.03. The highest BCUT2D eigenvalue weighted by molar-refractivity contribution is 7.98. The molecular weight excluding hydrogens is 340 g/mol. The maximum absolute atomic E-state index is 5.58. The van der Waals surface area contributed by atoms with Crippen molar-refractivity contribution < 1.29 is 9.26 Å². The SMILES string of the molecule is Cn1c(CC2CCNCC2)nnc1SCc1noc([C@H]2CCCO2)n1. The number of nitrogens with one attached hydrogen (secondary N) is 1. The fourth-order valence-electron chi connectivity index (χ4n) is 3.35. The molecule has 9 heteroatoms. The first-order chi connectivity index (χ1) is 12.3. The Morgan fingerprint density at radius 2 is 2.12 bits per heavy atom. The van der Waals surface area contributed by atoms with E-state index >= 15 is 0 Å². The molecule has 0 unspecified atom stereocenters. The summed E-state index contributed by atoms with van der Waals surface area (Å²) < 4.78 is 13.0. The number of nitrogens with zero attached hydrogens (tertiary/aromatic N) is 5. The van der Waals surface area contributed by atoms with Gasteiger partial charge in [-0.3, -0.25) is 0 Å². The van der Waals surface area contributed by atoms with E-state index in [0.29, 0.717) is 23.4 Å². The Kier molecular flexibility index (Phi) is 5.33. The van der Waals surface area contributed by atoms with Gasteiger partial charge in [-0.15, -0.1) is 10.2 Å². The third-order valence-corrected chi connectivity index (χ3v) is 5.89. The lowest BCUT2D eigenvalue weighted by Gasteiger charge is -2.21. The second-order valence-corrected chi connectivity index (χ2v) is 7.64. The van der Waals surface area contributed by atoms with Crippen molar-refractivity contribution >= 4 is 11.8 Å². The minimum absolute atomic E-state index is 0.0299. The van der Waals surface area contributed by atoms with Gasteiger partial charge in [0.15, 0.2) is 11.0 Å². The summed E-state index contributed by atoms with van der Waals surface area (Å²) >= 11 is 1.59. The largest absolute Gasteiger partial charge is 0.368 e. The van der Waals surface area contributed by atoms with Crippen LogP contribution in [0.5, 0.6) is 0 Å². The highest BCUT2D eigenvalue weighted by atomic mass is 32.2. The summed E-state index contributed by atoms with van der Waals surface area (Å²) in [6.45, 7) is 2.99. The Morgan fingerprint density at radius 1 is 1.24 bits per heavy atom. The van der Waals surface area contributed by atoms with E-state index in [2.05, 4.69) is 30.2 Å². The first-order valence-corrected chi connectivity index (χ1v) is 9.94. The molecule has 0 bridgehead atoms. The Balaban J connectivity index is 1.33. The van der Waals surface area contributed by atoms with Crippen LogP contribution in [0.4, 0.5) is 0 Å². The number of rotatable bonds is 6.